The monoisotopic (exact) mass is 599 g/mol. The zero-order valence-corrected chi connectivity index (χ0v) is 24.4. The minimum Gasteiger partial charge on any atom is -0.384 e. The Hall–Kier alpha value is -4.11. The van der Waals surface area contributed by atoms with Crippen LogP contribution in [0.15, 0.2) is 70.1 Å². The number of carbonyl (C=O) groups is 2. The first-order valence-corrected chi connectivity index (χ1v) is 13.9. The minimum absolute atomic E-state index is 0.0529. The molecule has 0 spiro atoms. The number of halogens is 1. The van der Waals surface area contributed by atoms with Crippen LogP contribution in [0.3, 0.4) is 0 Å². The van der Waals surface area contributed by atoms with Gasteiger partial charge in [0.05, 0.1) is 17.9 Å². The van der Waals surface area contributed by atoms with E-state index in [0.717, 1.165) is 15.6 Å². The predicted molar refractivity (Wildman–Crippen MR) is 158 cm³/mol. The number of Topliss-reactive ketones (excluding diaryl/α,β-unsaturated/α-hetero) is 1. The molecule has 1 amide bonds. The fourth-order valence-electron chi connectivity index (χ4n) is 5.16. The van der Waals surface area contributed by atoms with Crippen LogP contribution in [0.25, 0.3) is 5.69 Å². The highest BCUT2D eigenvalue weighted by Crippen LogP contribution is 2.29. The second kappa shape index (κ2) is 10.8. The first-order chi connectivity index (χ1) is 19.0. The van der Waals surface area contributed by atoms with E-state index in [0.29, 0.717) is 46.1 Å². The average molecular weight is 601 g/mol. The molecular weight excluding hydrogens is 570 g/mol. The van der Waals surface area contributed by atoms with Crippen molar-refractivity contribution in [3.05, 3.63) is 115 Å². The number of anilines is 1. The largest absolute Gasteiger partial charge is 0.384 e. The molecule has 1 aliphatic rings. The number of ketones is 1. The summed E-state index contributed by atoms with van der Waals surface area (Å²) in [7, 11) is 0. The molecule has 40 heavy (non-hydrogen) atoms. The van der Waals surface area contributed by atoms with Gasteiger partial charge in [-0.25, -0.2) is 9.97 Å². The maximum absolute atomic E-state index is 14.1. The first kappa shape index (κ1) is 27.5. The van der Waals surface area contributed by atoms with E-state index in [-0.39, 0.29) is 35.8 Å². The van der Waals surface area contributed by atoms with Crippen LogP contribution in [-0.2, 0) is 13.0 Å². The van der Waals surface area contributed by atoms with Crippen LogP contribution in [0, 0.1) is 6.92 Å². The number of fused-ring (bicyclic) bond motifs is 1. The van der Waals surface area contributed by atoms with E-state index < -0.39 is 0 Å². The number of nitrogen functional groups attached to an aromatic ring is 1. The van der Waals surface area contributed by atoms with E-state index in [4.69, 9.17) is 10.7 Å². The van der Waals surface area contributed by atoms with E-state index in [1.165, 1.54) is 6.92 Å². The van der Waals surface area contributed by atoms with Crippen molar-refractivity contribution in [2.45, 2.75) is 52.6 Å². The molecule has 0 bridgehead atoms. The Morgan fingerprint density at radius 3 is 2.42 bits per heavy atom. The van der Waals surface area contributed by atoms with Crippen LogP contribution in [0.4, 0.5) is 5.82 Å². The van der Waals surface area contributed by atoms with Gasteiger partial charge in [0.2, 0.25) is 0 Å². The van der Waals surface area contributed by atoms with Gasteiger partial charge in [-0.1, -0.05) is 22.9 Å². The second-order valence-corrected chi connectivity index (χ2v) is 11.2. The number of hydrogen-bond donors (Lipinski definition) is 1. The lowest BCUT2D eigenvalue weighted by atomic mass is 9.96. The van der Waals surface area contributed by atoms with Crippen LogP contribution in [0.1, 0.15) is 75.6 Å². The van der Waals surface area contributed by atoms with Crippen molar-refractivity contribution in [2.75, 3.05) is 5.73 Å². The normalized spacial score (nSPS) is 15.4. The van der Waals surface area contributed by atoms with E-state index in [9.17, 15) is 14.4 Å². The van der Waals surface area contributed by atoms with Crippen molar-refractivity contribution in [1.29, 1.82) is 0 Å². The van der Waals surface area contributed by atoms with Crippen LogP contribution < -0.4 is 11.3 Å². The molecule has 4 aromatic rings. The fourth-order valence-corrected chi connectivity index (χ4v) is 5.41. The summed E-state index contributed by atoms with van der Waals surface area (Å²) < 4.78 is 2.56. The molecule has 204 valence electrons. The van der Waals surface area contributed by atoms with Crippen molar-refractivity contribution in [2.24, 2.45) is 0 Å². The van der Waals surface area contributed by atoms with Gasteiger partial charge in [-0.05, 0) is 92.9 Å². The number of amides is 1. The SMILES string of the molecule is CC(=O)c1ccc(-n2c(C(C)c3ccnc(N)c3)nc3c(c2=O)CC(C)N(C(=O)c2ccc(Br)c(C)c2)C3)cc1. The number of carbonyl (C=O) groups excluding carboxylic acids is 2. The number of aromatic nitrogens is 3. The molecule has 0 saturated carbocycles. The smallest absolute Gasteiger partial charge is 0.261 e. The van der Waals surface area contributed by atoms with Gasteiger partial charge in [-0.2, -0.15) is 0 Å². The Balaban J connectivity index is 1.63. The van der Waals surface area contributed by atoms with E-state index in [2.05, 4.69) is 20.9 Å². The molecule has 0 aliphatic carbocycles. The lowest BCUT2D eigenvalue weighted by Crippen LogP contribution is -2.46. The van der Waals surface area contributed by atoms with Crippen LogP contribution in [-0.4, -0.2) is 37.2 Å². The van der Waals surface area contributed by atoms with E-state index in [1.54, 1.807) is 52.1 Å². The van der Waals surface area contributed by atoms with Gasteiger partial charge in [0.1, 0.15) is 11.6 Å². The molecule has 2 N–H and O–H groups in total. The summed E-state index contributed by atoms with van der Waals surface area (Å²) in [6.45, 7) is 7.59. The number of aryl methyl sites for hydroxylation is 1. The topological polar surface area (TPSA) is 111 Å². The summed E-state index contributed by atoms with van der Waals surface area (Å²) >= 11 is 3.50. The summed E-state index contributed by atoms with van der Waals surface area (Å²) in [5, 5.41) is 0. The molecule has 0 radical (unpaired) electrons. The molecule has 0 fully saturated rings. The van der Waals surface area contributed by atoms with Crippen molar-refractivity contribution in [3.8, 4) is 5.69 Å². The third-order valence-corrected chi connectivity index (χ3v) is 8.42. The summed E-state index contributed by atoms with van der Waals surface area (Å²) in [4.78, 5) is 50.5. The van der Waals surface area contributed by atoms with Gasteiger partial charge in [0.25, 0.3) is 11.5 Å². The van der Waals surface area contributed by atoms with Gasteiger partial charge in [-0.3, -0.25) is 19.0 Å². The zero-order chi connectivity index (χ0) is 28.7. The second-order valence-electron chi connectivity index (χ2n) is 10.3. The molecule has 2 aromatic carbocycles. The van der Waals surface area contributed by atoms with E-state index in [1.807, 2.05) is 39.0 Å². The zero-order valence-electron chi connectivity index (χ0n) is 22.8. The number of pyridine rings is 1. The summed E-state index contributed by atoms with van der Waals surface area (Å²) in [5.74, 6) is 0.427. The van der Waals surface area contributed by atoms with Gasteiger partial charge in [0.15, 0.2) is 5.78 Å². The van der Waals surface area contributed by atoms with Crippen molar-refractivity contribution in [3.63, 3.8) is 0 Å². The number of benzene rings is 2. The Bertz CT molecular complexity index is 1700. The molecule has 8 nitrogen and oxygen atoms in total. The molecule has 0 saturated heterocycles. The quantitative estimate of drug-likeness (QED) is 0.315. The van der Waals surface area contributed by atoms with Crippen molar-refractivity contribution >= 4 is 33.4 Å². The minimum atomic E-state index is -0.312. The molecule has 2 aromatic heterocycles. The summed E-state index contributed by atoms with van der Waals surface area (Å²) in [6.07, 6.45) is 2.01. The van der Waals surface area contributed by atoms with Crippen LogP contribution >= 0.6 is 15.9 Å². The van der Waals surface area contributed by atoms with Gasteiger partial charge in [0, 0.05) is 39.3 Å². The fraction of sp³-hybridized carbons (Fsp3) is 0.258. The number of rotatable bonds is 5. The van der Waals surface area contributed by atoms with Crippen molar-refractivity contribution < 1.29 is 9.59 Å². The van der Waals surface area contributed by atoms with Crippen molar-refractivity contribution in [1.82, 2.24) is 19.4 Å². The molecule has 5 rings (SSSR count). The Labute approximate surface area is 241 Å². The third kappa shape index (κ3) is 5.09. The standard InChI is InChI=1S/C31H30BrN5O3/c1-17-13-23(7-10-26(17)32)30(39)36-16-27-25(14-18(36)2)31(40)37(24-8-5-21(6-9-24)20(4)38)29(35-27)19(3)22-11-12-34-28(33)15-22/h5-13,15,18-19H,14,16H2,1-4H3,(H2,33,34). The van der Waals surface area contributed by atoms with Crippen LogP contribution in [0.5, 0.6) is 0 Å². The maximum Gasteiger partial charge on any atom is 0.261 e. The molecule has 2 atom stereocenters. The maximum atomic E-state index is 14.1. The average Bonchev–Trinajstić information content (AvgIpc) is 2.94. The first-order valence-electron chi connectivity index (χ1n) is 13.1. The summed E-state index contributed by atoms with van der Waals surface area (Å²) in [6, 6.07) is 15.9. The van der Waals surface area contributed by atoms with Gasteiger partial charge >= 0.3 is 0 Å². The highest BCUT2D eigenvalue weighted by atomic mass is 79.9. The number of nitrogens with zero attached hydrogens (tertiary/aromatic N) is 4. The Morgan fingerprint density at radius 2 is 1.77 bits per heavy atom. The third-order valence-electron chi connectivity index (χ3n) is 7.53. The Morgan fingerprint density at radius 1 is 1.07 bits per heavy atom. The van der Waals surface area contributed by atoms with Gasteiger partial charge in [-0.15, -0.1) is 0 Å². The number of nitrogens with two attached hydrogens (primary N) is 1. The highest BCUT2D eigenvalue weighted by molar-refractivity contribution is 9.10. The predicted octanol–water partition coefficient (Wildman–Crippen LogP) is 5.22. The Kier molecular flexibility index (Phi) is 7.42. The summed E-state index contributed by atoms with van der Waals surface area (Å²) in [5.41, 5.74) is 10.6. The molecule has 9 heteroatoms. The van der Waals surface area contributed by atoms with Crippen LogP contribution in [0.2, 0.25) is 0 Å². The van der Waals surface area contributed by atoms with Gasteiger partial charge < -0.3 is 10.6 Å². The molecule has 3 heterocycles. The molecule has 1 aliphatic heterocycles. The van der Waals surface area contributed by atoms with E-state index >= 15 is 0 Å². The molecule has 2 unspecified atom stereocenters. The number of hydrogen-bond acceptors (Lipinski definition) is 6. The lowest BCUT2D eigenvalue weighted by Gasteiger charge is -2.35. The molecular formula is C31H30BrN5O3. The highest BCUT2D eigenvalue weighted by Gasteiger charge is 2.33. The lowest BCUT2D eigenvalue weighted by molar-refractivity contribution is 0.0652.